The van der Waals surface area contributed by atoms with Crippen LogP contribution >= 0.6 is 0 Å². The van der Waals surface area contributed by atoms with E-state index in [0.717, 1.165) is 12.1 Å². The lowest BCUT2D eigenvalue weighted by atomic mass is 9.84. The minimum Gasteiger partial charge on any atom is -0.324 e. The molecule has 1 aliphatic rings. The second-order valence-electron chi connectivity index (χ2n) is 5.66. The Morgan fingerprint density at radius 1 is 1.35 bits per heavy atom. The minimum atomic E-state index is -0.113. The third-order valence-corrected chi connectivity index (χ3v) is 3.32. The third-order valence-electron chi connectivity index (χ3n) is 3.32. The normalized spacial score (nSPS) is 19.8. The second-order valence-corrected chi connectivity index (χ2v) is 5.66. The van der Waals surface area contributed by atoms with Gasteiger partial charge in [0, 0.05) is 5.69 Å². The van der Waals surface area contributed by atoms with Gasteiger partial charge < -0.3 is 10.6 Å². The summed E-state index contributed by atoms with van der Waals surface area (Å²) >= 11 is 0. The van der Waals surface area contributed by atoms with E-state index in [1.807, 2.05) is 13.1 Å². The lowest BCUT2D eigenvalue weighted by Crippen LogP contribution is -2.43. The first-order valence-corrected chi connectivity index (χ1v) is 6.03. The van der Waals surface area contributed by atoms with Crippen LogP contribution in [0.4, 0.5) is 5.69 Å². The van der Waals surface area contributed by atoms with Crippen molar-refractivity contribution in [3.8, 4) is 0 Å². The van der Waals surface area contributed by atoms with Crippen molar-refractivity contribution in [1.29, 1.82) is 0 Å². The summed E-state index contributed by atoms with van der Waals surface area (Å²) in [6.45, 7) is 6.60. The van der Waals surface area contributed by atoms with E-state index in [2.05, 4.69) is 43.5 Å². The van der Waals surface area contributed by atoms with Crippen LogP contribution in [0.1, 0.15) is 31.9 Å². The van der Waals surface area contributed by atoms with Gasteiger partial charge in [-0.05, 0) is 36.1 Å². The fourth-order valence-electron chi connectivity index (χ4n) is 2.12. The van der Waals surface area contributed by atoms with Gasteiger partial charge in [-0.15, -0.1) is 0 Å². The Morgan fingerprint density at radius 3 is 2.65 bits per heavy atom. The molecule has 92 valence electrons. The van der Waals surface area contributed by atoms with E-state index in [1.54, 1.807) is 0 Å². The van der Waals surface area contributed by atoms with Crippen LogP contribution in [0, 0.1) is 0 Å². The van der Waals surface area contributed by atoms with Gasteiger partial charge in [-0.2, -0.15) is 0 Å². The Bertz CT molecular complexity index is 446. The average Bonchev–Trinajstić information content (AvgIpc) is 2.26. The molecule has 1 aromatic rings. The molecule has 1 aromatic carbocycles. The number of hydrogen-bond donors (Lipinski definition) is 2. The van der Waals surface area contributed by atoms with Crippen molar-refractivity contribution in [3.05, 3.63) is 29.3 Å². The van der Waals surface area contributed by atoms with Crippen molar-refractivity contribution in [1.82, 2.24) is 5.32 Å². The van der Waals surface area contributed by atoms with E-state index in [0.29, 0.717) is 0 Å². The molecule has 0 saturated carbocycles. The van der Waals surface area contributed by atoms with Crippen molar-refractivity contribution in [2.45, 2.75) is 38.6 Å². The van der Waals surface area contributed by atoms with Crippen molar-refractivity contribution < 1.29 is 4.79 Å². The van der Waals surface area contributed by atoms with E-state index >= 15 is 0 Å². The van der Waals surface area contributed by atoms with Gasteiger partial charge in [0.25, 0.3) is 0 Å². The van der Waals surface area contributed by atoms with Crippen LogP contribution in [0.5, 0.6) is 0 Å². The van der Waals surface area contributed by atoms with Crippen LogP contribution < -0.4 is 10.6 Å². The predicted octanol–water partition coefficient (Wildman–Crippen LogP) is 2.07. The molecule has 0 spiro atoms. The van der Waals surface area contributed by atoms with Crippen molar-refractivity contribution in [2.75, 3.05) is 12.4 Å². The summed E-state index contributed by atoms with van der Waals surface area (Å²) in [5.41, 5.74) is 3.62. The Hall–Kier alpha value is -1.35. The summed E-state index contributed by atoms with van der Waals surface area (Å²) in [6.07, 6.45) is 0.765. The zero-order chi connectivity index (χ0) is 12.6. The van der Waals surface area contributed by atoms with Gasteiger partial charge in [-0.1, -0.05) is 32.9 Å². The molecule has 1 amide bonds. The predicted molar refractivity (Wildman–Crippen MR) is 70.3 cm³/mol. The van der Waals surface area contributed by atoms with Crippen LogP contribution in [0.25, 0.3) is 0 Å². The van der Waals surface area contributed by atoms with Gasteiger partial charge in [-0.3, -0.25) is 4.79 Å². The number of hydrogen-bond acceptors (Lipinski definition) is 2. The highest BCUT2D eigenvalue weighted by Gasteiger charge is 2.25. The SMILES string of the molecule is CNC1Cc2cc(C(C)(C)C)ccc2NC1=O. The fourth-order valence-corrected chi connectivity index (χ4v) is 2.12. The monoisotopic (exact) mass is 232 g/mol. The number of carbonyl (C=O) groups excluding carboxylic acids is 1. The summed E-state index contributed by atoms with van der Waals surface area (Å²) in [5.74, 6) is 0.0588. The number of fused-ring (bicyclic) bond motifs is 1. The highest BCUT2D eigenvalue weighted by molar-refractivity contribution is 5.98. The van der Waals surface area contributed by atoms with Gasteiger partial charge >= 0.3 is 0 Å². The topological polar surface area (TPSA) is 41.1 Å². The highest BCUT2D eigenvalue weighted by atomic mass is 16.2. The number of nitrogens with one attached hydrogen (secondary N) is 2. The Kier molecular flexibility index (Phi) is 2.96. The van der Waals surface area contributed by atoms with Crippen LogP contribution in [0.15, 0.2) is 18.2 Å². The van der Waals surface area contributed by atoms with Gasteiger partial charge in [0.05, 0.1) is 6.04 Å². The standard InChI is InChI=1S/C14H20N2O/c1-14(2,3)10-5-6-11-9(7-10)8-12(15-4)13(17)16-11/h5-7,12,15H,8H2,1-4H3,(H,16,17). The molecule has 17 heavy (non-hydrogen) atoms. The molecule has 0 fully saturated rings. The maximum absolute atomic E-state index is 11.7. The number of benzene rings is 1. The molecule has 2 rings (SSSR count). The Morgan fingerprint density at radius 2 is 2.06 bits per heavy atom. The largest absolute Gasteiger partial charge is 0.324 e. The second kappa shape index (κ2) is 4.15. The number of likely N-dealkylation sites (N-methyl/N-ethyl adjacent to an activating group) is 1. The first kappa shape index (κ1) is 12.1. The maximum Gasteiger partial charge on any atom is 0.241 e. The first-order chi connectivity index (χ1) is 7.91. The summed E-state index contributed by atoms with van der Waals surface area (Å²) in [6, 6.07) is 6.20. The zero-order valence-electron chi connectivity index (χ0n) is 10.9. The molecule has 0 aromatic heterocycles. The molecule has 0 saturated heterocycles. The number of rotatable bonds is 1. The van der Waals surface area contributed by atoms with Gasteiger partial charge in [0.15, 0.2) is 0 Å². The van der Waals surface area contributed by atoms with Gasteiger partial charge in [0.2, 0.25) is 5.91 Å². The summed E-state index contributed by atoms with van der Waals surface area (Å²) < 4.78 is 0. The van der Waals surface area contributed by atoms with Gasteiger partial charge in [-0.25, -0.2) is 0 Å². The van der Waals surface area contributed by atoms with E-state index in [1.165, 1.54) is 11.1 Å². The fraction of sp³-hybridized carbons (Fsp3) is 0.500. The van der Waals surface area contributed by atoms with Crippen LogP contribution in [-0.4, -0.2) is 19.0 Å². The number of anilines is 1. The highest BCUT2D eigenvalue weighted by Crippen LogP contribution is 2.29. The molecule has 2 N–H and O–H groups in total. The minimum absolute atomic E-state index is 0.0588. The van der Waals surface area contributed by atoms with Crippen molar-refractivity contribution in [3.63, 3.8) is 0 Å². The summed E-state index contributed by atoms with van der Waals surface area (Å²) in [7, 11) is 1.82. The molecule has 1 aliphatic heterocycles. The zero-order valence-corrected chi connectivity index (χ0v) is 10.9. The van der Waals surface area contributed by atoms with E-state index in [-0.39, 0.29) is 17.4 Å². The van der Waals surface area contributed by atoms with Gasteiger partial charge in [0.1, 0.15) is 0 Å². The van der Waals surface area contributed by atoms with Crippen molar-refractivity contribution in [2.24, 2.45) is 0 Å². The Balaban J connectivity index is 2.37. The smallest absolute Gasteiger partial charge is 0.241 e. The lowest BCUT2D eigenvalue weighted by molar-refractivity contribution is -0.118. The molecule has 1 atom stereocenters. The van der Waals surface area contributed by atoms with Crippen LogP contribution in [-0.2, 0) is 16.6 Å². The maximum atomic E-state index is 11.7. The molecule has 3 heteroatoms. The van der Waals surface area contributed by atoms with E-state index in [4.69, 9.17) is 0 Å². The van der Waals surface area contributed by atoms with Crippen LogP contribution in [0.3, 0.4) is 0 Å². The average molecular weight is 232 g/mol. The molecule has 3 nitrogen and oxygen atoms in total. The molecular weight excluding hydrogens is 212 g/mol. The molecule has 0 aliphatic carbocycles. The lowest BCUT2D eigenvalue weighted by Gasteiger charge is -2.27. The summed E-state index contributed by atoms with van der Waals surface area (Å²) in [4.78, 5) is 11.7. The molecular formula is C14H20N2O. The summed E-state index contributed by atoms with van der Waals surface area (Å²) in [5, 5.41) is 5.98. The van der Waals surface area contributed by atoms with Crippen LogP contribution in [0.2, 0.25) is 0 Å². The first-order valence-electron chi connectivity index (χ1n) is 6.03. The van der Waals surface area contributed by atoms with E-state index in [9.17, 15) is 4.79 Å². The number of carbonyl (C=O) groups is 1. The third kappa shape index (κ3) is 2.34. The quantitative estimate of drug-likeness (QED) is 0.778. The molecule has 0 radical (unpaired) electrons. The molecule has 1 heterocycles. The molecule has 0 bridgehead atoms. The number of amides is 1. The van der Waals surface area contributed by atoms with E-state index < -0.39 is 0 Å². The van der Waals surface area contributed by atoms with Crippen molar-refractivity contribution >= 4 is 11.6 Å². The Labute approximate surface area is 103 Å². The molecule has 1 unspecified atom stereocenters.